The molecule has 6 nitrogen and oxygen atoms in total. The molecule has 0 aliphatic heterocycles. The van der Waals surface area contributed by atoms with E-state index in [4.69, 9.17) is 4.74 Å². The average molecular weight is 396 g/mol. The molecule has 0 fully saturated rings. The van der Waals surface area contributed by atoms with E-state index >= 15 is 0 Å². The quantitative estimate of drug-likeness (QED) is 0.653. The predicted molar refractivity (Wildman–Crippen MR) is 107 cm³/mol. The van der Waals surface area contributed by atoms with Crippen molar-refractivity contribution in [2.24, 2.45) is 5.92 Å². The van der Waals surface area contributed by atoms with E-state index in [1.165, 1.54) is 18.4 Å². The molecule has 1 atom stereocenters. The zero-order valence-corrected chi connectivity index (χ0v) is 17.2. The number of thiazole rings is 1. The largest absolute Gasteiger partial charge is 0.464 e. The number of anilines is 1. The number of aromatic nitrogens is 2. The molecule has 0 saturated heterocycles. The molecule has 0 saturated carbocycles. The van der Waals surface area contributed by atoms with Gasteiger partial charge in [0.05, 0.1) is 7.11 Å². The molecule has 0 aliphatic rings. The summed E-state index contributed by atoms with van der Waals surface area (Å²) in [6, 6.07) is 3.49. The number of amides is 1. The summed E-state index contributed by atoms with van der Waals surface area (Å²) in [7, 11) is 1.34. The minimum Gasteiger partial charge on any atom is -0.464 e. The summed E-state index contributed by atoms with van der Waals surface area (Å²) in [6.07, 6.45) is 7.22. The van der Waals surface area contributed by atoms with E-state index in [0.29, 0.717) is 23.2 Å². The van der Waals surface area contributed by atoms with Crippen molar-refractivity contribution >= 4 is 40.1 Å². The first-order chi connectivity index (χ1) is 12.5. The normalized spacial score (nSPS) is 12.2. The zero-order chi connectivity index (χ0) is 19.1. The Morgan fingerprint density at radius 1 is 1.35 bits per heavy atom. The van der Waals surface area contributed by atoms with E-state index in [-0.39, 0.29) is 11.9 Å². The number of hydrogen-bond donors (Lipinski definition) is 1. The lowest BCUT2D eigenvalue weighted by Gasteiger charge is -2.17. The van der Waals surface area contributed by atoms with Crippen LogP contribution >= 0.6 is 23.1 Å². The summed E-state index contributed by atoms with van der Waals surface area (Å²) in [6.45, 7) is 4.15. The second kappa shape index (κ2) is 9.78. The monoisotopic (exact) mass is 395 g/mol. The summed E-state index contributed by atoms with van der Waals surface area (Å²) >= 11 is 3.04. The number of carbonyl (C=O) groups excluding carboxylic acids is 2. The van der Waals surface area contributed by atoms with Crippen LogP contribution in [-0.2, 0) is 16.0 Å². The van der Waals surface area contributed by atoms with E-state index in [1.807, 2.05) is 35.3 Å². The topological polar surface area (TPSA) is 73.2 Å². The van der Waals surface area contributed by atoms with Crippen molar-refractivity contribution in [2.45, 2.75) is 32.7 Å². The summed E-state index contributed by atoms with van der Waals surface area (Å²) in [5.41, 5.74) is 0.295. The molecule has 0 aliphatic carbocycles. The molecule has 0 unspecified atom stereocenters. The van der Waals surface area contributed by atoms with Crippen LogP contribution in [-0.4, -0.2) is 40.5 Å². The van der Waals surface area contributed by atoms with Gasteiger partial charge >= 0.3 is 5.97 Å². The van der Waals surface area contributed by atoms with Gasteiger partial charge in [0.2, 0.25) is 5.91 Å². The maximum absolute atomic E-state index is 12.8. The molecular weight excluding hydrogens is 370 g/mol. The van der Waals surface area contributed by atoms with Gasteiger partial charge in [-0.05, 0) is 42.9 Å². The van der Waals surface area contributed by atoms with Crippen molar-refractivity contribution in [3.63, 3.8) is 0 Å². The highest BCUT2D eigenvalue weighted by Gasteiger charge is 2.24. The lowest BCUT2D eigenvalue weighted by molar-refractivity contribution is -0.119. The molecule has 26 heavy (non-hydrogen) atoms. The van der Waals surface area contributed by atoms with Crippen molar-refractivity contribution < 1.29 is 14.3 Å². The van der Waals surface area contributed by atoms with Gasteiger partial charge < -0.3 is 14.6 Å². The van der Waals surface area contributed by atoms with Crippen molar-refractivity contribution in [2.75, 3.05) is 24.4 Å². The summed E-state index contributed by atoms with van der Waals surface area (Å²) in [5, 5.41) is 3.32. The predicted octanol–water partition coefficient (Wildman–Crippen LogP) is 3.86. The number of rotatable bonds is 9. The Morgan fingerprint density at radius 3 is 2.62 bits per heavy atom. The molecule has 0 spiro atoms. The molecule has 142 valence electrons. The molecule has 0 radical (unpaired) electrons. The van der Waals surface area contributed by atoms with Crippen LogP contribution in [0.5, 0.6) is 0 Å². The van der Waals surface area contributed by atoms with Gasteiger partial charge in [-0.3, -0.25) is 4.79 Å². The van der Waals surface area contributed by atoms with Gasteiger partial charge in [-0.25, -0.2) is 9.78 Å². The van der Waals surface area contributed by atoms with Crippen molar-refractivity contribution in [1.29, 1.82) is 0 Å². The Balaban J connectivity index is 2.20. The molecule has 1 amide bonds. The molecule has 0 aromatic carbocycles. The first-order valence-electron chi connectivity index (χ1n) is 8.46. The van der Waals surface area contributed by atoms with Gasteiger partial charge in [-0.1, -0.05) is 13.8 Å². The Labute approximate surface area is 162 Å². The summed E-state index contributed by atoms with van der Waals surface area (Å²) in [4.78, 5) is 29.9. The van der Waals surface area contributed by atoms with E-state index in [1.54, 1.807) is 11.8 Å². The number of methoxy groups -OCH3 is 1. The molecule has 2 heterocycles. The molecule has 2 aromatic rings. The van der Waals surface area contributed by atoms with Crippen LogP contribution in [0.3, 0.4) is 0 Å². The lowest BCUT2D eigenvalue weighted by atomic mass is 10.1. The average Bonchev–Trinajstić information content (AvgIpc) is 3.24. The number of carbonyl (C=O) groups is 2. The van der Waals surface area contributed by atoms with Crippen LogP contribution in [0.2, 0.25) is 0 Å². The van der Waals surface area contributed by atoms with Crippen molar-refractivity contribution in [3.8, 4) is 0 Å². The van der Waals surface area contributed by atoms with Crippen LogP contribution in [0.4, 0.5) is 5.13 Å². The van der Waals surface area contributed by atoms with Gasteiger partial charge in [0.15, 0.2) is 10.8 Å². The van der Waals surface area contributed by atoms with Crippen LogP contribution < -0.4 is 5.32 Å². The highest BCUT2D eigenvalue weighted by molar-refractivity contribution is 7.98. The Bertz CT molecular complexity index is 726. The smallest absolute Gasteiger partial charge is 0.357 e. The Morgan fingerprint density at radius 2 is 2.04 bits per heavy atom. The Hall–Kier alpha value is -1.80. The highest BCUT2D eigenvalue weighted by atomic mass is 32.2. The third kappa shape index (κ3) is 5.35. The molecule has 0 bridgehead atoms. The first-order valence-corrected chi connectivity index (χ1v) is 10.7. The van der Waals surface area contributed by atoms with Crippen molar-refractivity contribution in [1.82, 2.24) is 9.55 Å². The van der Waals surface area contributed by atoms with E-state index in [2.05, 4.69) is 24.1 Å². The highest BCUT2D eigenvalue weighted by Crippen LogP contribution is 2.27. The van der Waals surface area contributed by atoms with Crippen molar-refractivity contribution in [3.05, 3.63) is 35.1 Å². The third-order valence-corrected chi connectivity index (χ3v) is 5.42. The molecule has 1 N–H and O–H groups in total. The molecule has 2 aromatic heterocycles. The number of hydrogen-bond acceptors (Lipinski definition) is 6. The Kier molecular flexibility index (Phi) is 7.71. The molecule has 2 rings (SSSR count). The first kappa shape index (κ1) is 20.5. The maximum atomic E-state index is 12.8. The van der Waals surface area contributed by atoms with E-state index in [0.717, 1.165) is 17.1 Å². The fourth-order valence-corrected chi connectivity index (χ4v) is 4.18. The maximum Gasteiger partial charge on any atom is 0.357 e. The van der Waals surface area contributed by atoms with Crippen LogP contribution in [0, 0.1) is 5.92 Å². The zero-order valence-electron chi connectivity index (χ0n) is 15.5. The van der Waals surface area contributed by atoms with Crippen LogP contribution in [0.15, 0.2) is 24.5 Å². The van der Waals surface area contributed by atoms with Crippen LogP contribution in [0.25, 0.3) is 0 Å². The second-order valence-electron chi connectivity index (χ2n) is 6.30. The van der Waals surface area contributed by atoms with Gasteiger partial charge in [-0.15, -0.1) is 11.3 Å². The van der Waals surface area contributed by atoms with Gasteiger partial charge in [0, 0.05) is 17.3 Å². The van der Waals surface area contributed by atoms with Gasteiger partial charge in [0.25, 0.3) is 0 Å². The lowest BCUT2D eigenvalue weighted by Crippen LogP contribution is -2.26. The molecular formula is C18H25N3O3S2. The fourth-order valence-electron chi connectivity index (χ4n) is 2.56. The van der Waals surface area contributed by atoms with E-state index < -0.39 is 5.97 Å². The minimum atomic E-state index is -0.471. The molecule has 8 heteroatoms. The van der Waals surface area contributed by atoms with Gasteiger partial charge in [-0.2, -0.15) is 11.8 Å². The van der Waals surface area contributed by atoms with E-state index in [9.17, 15) is 9.59 Å². The minimum absolute atomic E-state index is 0.128. The standard InChI is InChI=1S/C18H25N3O3S2/c1-12(2)11-14-15(17(23)24-3)19-18(26-14)20-16(22)13(7-10-25-4)21-8-5-6-9-21/h5-6,8-9,12-13H,7,10-11H2,1-4H3,(H,19,20,22)/t13-/m0/s1. The summed E-state index contributed by atoms with van der Waals surface area (Å²) < 4.78 is 6.72. The number of thioether (sulfide) groups is 1. The fraction of sp³-hybridized carbons (Fsp3) is 0.500. The number of nitrogens with zero attached hydrogens (tertiary/aromatic N) is 2. The third-order valence-electron chi connectivity index (χ3n) is 3.79. The summed E-state index contributed by atoms with van der Waals surface area (Å²) in [5.74, 6) is 0.648. The number of ether oxygens (including phenoxy) is 1. The second-order valence-corrected chi connectivity index (χ2v) is 8.37. The number of esters is 1. The van der Waals surface area contributed by atoms with Gasteiger partial charge in [0.1, 0.15) is 6.04 Å². The SMILES string of the molecule is COC(=O)c1nc(NC(=O)[C@H](CCSC)n2cccc2)sc1CC(C)C. The number of nitrogens with one attached hydrogen (secondary N) is 1. The van der Waals surface area contributed by atoms with Crippen LogP contribution in [0.1, 0.15) is 41.7 Å².